The quantitative estimate of drug-likeness (QED) is 0.752. The van der Waals surface area contributed by atoms with Crippen LogP contribution in [0.5, 0.6) is 5.75 Å². The highest BCUT2D eigenvalue weighted by Crippen LogP contribution is 2.13. The van der Waals surface area contributed by atoms with Crippen LogP contribution in [0.1, 0.15) is 12.0 Å². The second-order valence-corrected chi connectivity index (χ2v) is 4.61. The Morgan fingerprint density at radius 3 is 2.80 bits per heavy atom. The summed E-state index contributed by atoms with van der Waals surface area (Å²) in [5.74, 6) is 0.800. The third-order valence-electron chi connectivity index (χ3n) is 2.57. The molecular formula is C14H24ClN3O2. The molecule has 0 aliphatic carbocycles. The molecule has 1 rings (SSSR count). The molecular weight excluding hydrogens is 278 g/mol. The highest BCUT2D eigenvalue weighted by atomic mass is 35.5. The smallest absolute Gasteiger partial charge is 0.221 e. The second-order valence-electron chi connectivity index (χ2n) is 4.61. The predicted octanol–water partition coefficient (Wildman–Crippen LogP) is 1.01. The summed E-state index contributed by atoms with van der Waals surface area (Å²) in [6.45, 7) is 2.40. The van der Waals surface area contributed by atoms with E-state index in [0.717, 1.165) is 17.9 Å². The fourth-order valence-corrected chi connectivity index (χ4v) is 1.51. The van der Waals surface area contributed by atoms with E-state index in [1.165, 1.54) is 0 Å². The van der Waals surface area contributed by atoms with Gasteiger partial charge in [-0.3, -0.25) is 4.79 Å². The first-order valence-electron chi connectivity index (χ1n) is 6.45. The largest absolute Gasteiger partial charge is 0.492 e. The Hall–Kier alpha value is -1.30. The average Bonchev–Trinajstić information content (AvgIpc) is 2.37. The third-order valence-corrected chi connectivity index (χ3v) is 2.57. The summed E-state index contributed by atoms with van der Waals surface area (Å²) < 4.78 is 5.64. The van der Waals surface area contributed by atoms with Crippen molar-refractivity contribution in [1.82, 2.24) is 10.2 Å². The van der Waals surface area contributed by atoms with Gasteiger partial charge in [-0.15, -0.1) is 12.4 Å². The van der Waals surface area contributed by atoms with E-state index in [1.54, 1.807) is 0 Å². The maximum atomic E-state index is 11.3. The number of halogens is 1. The Morgan fingerprint density at radius 2 is 2.15 bits per heavy atom. The molecule has 0 aliphatic heterocycles. The molecule has 0 atom stereocenters. The third kappa shape index (κ3) is 7.99. The Labute approximate surface area is 126 Å². The zero-order valence-corrected chi connectivity index (χ0v) is 12.9. The van der Waals surface area contributed by atoms with Gasteiger partial charge in [0, 0.05) is 26.1 Å². The monoisotopic (exact) mass is 301 g/mol. The molecule has 114 valence electrons. The summed E-state index contributed by atoms with van der Waals surface area (Å²) in [7, 11) is 4.01. The molecule has 0 saturated heterocycles. The van der Waals surface area contributed by atoms with E-state index < -0.39 is 0 Å². The number of nitrogens with two attached hydrogens (primary N) is 1. The number of rotatable bonds is 8. The Morgan fingerprint density at radius 1 is 1.40 bits per heavy atom. The van der Waals surface area contributed by atoms with E-state index in [1.807, 2.05) is 38.4 Å². The van der Waals surface area contributed by atoms with E-state index in [2.05, 4.69) is 10.2 Å². The summed E-state index contributed by atoms with van der Waals surface area (Å²) in [4.78, 5) is 13.4. The molecule has 6 heteroatoms. The van der Waals surface area contributed by atoms with Gasteiger partial charge in [0.15, 0.2) is 0 Å². The van der Waals surface area contributed by atoms with Crippen molar-refractivity contribution in [3.63, 3.8) is 0 Å². The summed E-state index contributed by atoms with van der Waals surface area (Å²) >= 11 is 0. The minimum atomic E-state index is -0.0265. The number of hydrogen-bond acceptors (Lipinski definition) is 4. The Balaban J connectivity index is 0.00000361. The van der Waals surface area contributed by atoms with Crippen molar-refractivity contribution in [2.45, 2.75) is 13.0 Å². The predicted molar refractivity (Wildman–Crippen MR) is 83.3 cm³/mol. The zero-order valence-electron chi connectivity index (χ0n) is 12.1. The van der Waals surface area contributed by atoms with Crippen molar-refractivity contribution in [1.29, 1.82) is 0 Å². The normalized spacial score (nSPS) is 10.0. The van der Waals surface area contributed by atoms with Crippen LogP contribution in [0.25, 0.3) is 0 Å². The van der Waals surface area contributed by atoms with Gasteiger partial charge in [0.05, 0.1) is 0 Å². The molecule has 0 unspecified atom stereocenters. The van der Waals surface area contributed by atoms with Crippen molar-refractivity contribution < 1.29 is 9.53 Å². The van der Waals surface area contributed by atoms with Crippen molar-refractivity contribution in [3.05, 3.63) is 29.8 Å². The van der Waals surface area contributed by atoms with Gasteiger partial charge in [-0.05, 0) is 31.8 Å². The number of carbonyl (C=O) groups excluding carboxylic acids is 1. The Kier molecular flexibility index (Phi) is 9.80. The average molecular weight is 302 g/mol. The maximum absolute atomic E-state index is 11.3. The van der Waals surface area contributed by atoms with Crippen molar-refractivity contribution in [2.24, 2.45) is 5.73 Å². The van der Waals surface area contributed by atoms with Crippen LogP contribution in [-0.4, -0.2) is 44.6 Å². The van der Waals surface area contributed by atoms with Gasteiger partial charge in [-0.2, -0.15) is 0 Å². The van der Waals surface area contributed by atoms with Gasteiger partial charge in [-0.1, -0.05) is 12.1 Å². The first-order chi connectivity index (χ1) is 9.11. The summed E-state index contributed by atoms with van der Waals surface area (Å²) in [5.41, 5.74) is 6.34. The minimum Gasteiger partial charge on any atom is -0.492 e. The lowest BCUT2D eigenvalue weighted by molar-refractivity contribution is -0.121. The van der Waals surface area contributed by atoms with E-state index in [9.17, 15) is 4.79 Å². The summed E-state index contributed by atoms with van der Waals surface area (Å²) in [6, 6.07) is 7.75. The molecule has 0 radical (unpaired) electrons. The minimum absolute atomic E-state index is 0. The van der Waals surface area contributed by atoms with E-state index in [0.29, 0.717) is 26.1 Å². The van der Waals surface area contributed by atoms with Crippen molar-refractivity contribution >= 4 is 18.3 Å². The lowest BCUT2D eigenvalue weighted by Gasteiger charge is -2.12. The van der Waals surface area contributed by atoms with Crippen LogP contribution in [0, 0.1) is 0 Å². The van der Waals surface area contributed by atoms with E-state index in [-0.39, 0.29) is 18.3 Å². The fraction of sp³-hybridized carbons (Fsp3) is 0.500. The van der Waals surface area contributed by atoms with Crippen LogP contribution in [0.2, 0.25) is 0 Å². The maximum Gasteiger partial charge on any atom is 0.221 e. The lowest BCUT2D eigenvalue weighted by atomic mass is 10.2. The molecule has 1 aromatic rings. The van der Waals surface area contributed by atoms with Gasteiger partial charge in [0.2, 0.25) is 5.91 Å². The molecule has 0 heterocycles. The van der Waals surface area contributed by atoms with Crippen molar-refractivity contribution in [3.8, 4) is 5.75 Å². The van der Waals surface area contributed by atoms with Gasteiger partial charge in [-0.25, -0.2) is 0 Å². The zero-order chi connectivity index (χ0) is 14.1. The van der Waals surface area contributed by atoms with Gasteiger partial charge in [0.1, 0.15) is 12.4 Å². The number of ether oxygens (including phenoxy) is 1. The van der Waals surface area contributed by atoms with Crippen LogP contribution in [-0.2, 0) is 11.3 Å². The molecule has 0 bridgehead atoms. The lowest BCUT2D eigenvalue weighted by Crippen LogP contribution is -2.25. The summed E-state index contributed by atoms with van der Waals surface area (Å²) in [5, 5.41) is 2.82. The molecule has 3 N–H and O–H groups in total. The SMILES string of the molecule is CN(C)CCOc1cccc(CNC(=O)CCN)c1.Cl. The Bertz CT molecular complexity index is 400. The standard InChI is InChI=1S/C14H23N3O2.ClH/c1-17(2)8-9-19-13-5-3-4-12(10-13)11-16-14(18)6-7-15;/h3-5,10H,6-9,11,15H2,1-2H3,(H,16,18);1H. The molecule has 1 amide bonds. The van der Waals surface area contributed by atoms with Crippen LogP contribution in [0.4, 0.5) is 0 Å². The first-order valence-corrected chi connectivity index (χ1v) is 6.45. The number of hydrogen-bond donors (Lipinski definition) is 2. The van der Waals surface area contributed by atoms with E-state index in [4.69, 9.17) is 10.5 Å². The fourth-order valence-electron chi connectivity index (χ4n) is 1.51. The van der Waals surface area contributed by atoms with Crippen LogP contribution >= 0.6 is 12.4 Å². The molecule has 20 heavy (non-hydrogen) atoms. The number of nitrogens with one attached hydrogen (secondary N) is 1. The van der Waals surface area contributed by atoms with Crippen LogP contribution in [0.3, 0.4) is 0 Å². The molecule has 1 aromatic carbocycles. The topological polar surface area (TPSA) is 67.6 Å². The van der Waals surface area contributed by atoms with Crippen LogP contribution < -0.4 is 15.8 Å². The number of likely N-dealkylation sites (N-methyl/N-ethyl adjacent to an activating group) is 1. The molecule has 0 fully saturated rings. The van der Waals surface area contributed by atoms with Gasteiger partial charge >= 0.3 is 0 Å². The number of benzene rings is 1. The van der Waals surface area contributed by atoms with E-state index >= 15 is 0 Å². The second kappa shape index (κ2) is 10.5. The molecule has 0 aliphatic rings. The van der Waals surface area contributed by atoms with Gasteiger partial charge in [0.25, 0.3) is 0 Å². The number of carbonyl (C=O) groups is 1. The molecule has 0 spiro atoms. The highest BCUT2D eigenvalue weighted by molar-refractivity contribution is 5.85. The first kappa shape index (κ1) is 18.7. The van der Waals surface area contributed by atoms with Crippen LogP contribution in [0.15, 0.2) is 24.3 Å². The summed E-state index contributed by atoms with van der Waals surface area (Å²) in [6.07, 6.45) is 0.360. The number of nitrogens with zero attached hydrogens (tertiary/aromatic N) is 1. The van der Waals surface area contributed by atoms with Crippen molar-refractivity contribution in [2.75, 3.05) is 33.8 Å². The highest BCUT2D eigenvalue weighted by Gasteiger charge is 2.01. The number of amides is 1. The molecule has 5 nitrogen and oxygen atoms in total. The molecule has 0 aromatic heterocycles. The van der Waals surface area contributed by atoms with Gasteiger partial charge < -0.3 is 20.7 Å². The molecule has 0 saturated carbocycles.